The molecular formula is C11H15N3O2S. The zero-order chi connectivity index (χ0) is 12.4. The van der Waals surface area contributed by atoms with Gasteiger partial charge in [0.1, 0.15) is 0 Å². The number of piperidine rings is 1. The van der Waals surface area contributed by atoms with Crippen molar-refractivity contribution < 1.29 is 4.79 Å². The van der Waals surface area contributed by atoms with Gasteiger partial charge >= 0.3 is 0 Å². The van der Waals surface area contributed by atoms with Crippen LogP contribution in [0.1, 0.15) is 31.4 Å². The molecule has 1 aromatic rings. The van der Waals surface area contributed by atoms with E-state index in [0.29, 0.717) is 4.77 Å². The minimum Gasteiger partial charge on any atom is -0.343 e. The Bertz CT molecular complexity index is 498. The lowest BCUT2D eigenvalue weighted by molar-refractivity contribution is -0.129. The highest BCUT2D eigenvalue weighted by atomic mass is 32.1. The van der Waals surface area contributed by atoms with Gasteiger partial charge in [0.05, 0.1) is 0 Å². The van der Waals surface area contributed by atoms with Crippen molar-refractivity contribution in [3.05, 3.63) is 26.9 Å². The third kappa shape index (κ3) is 2.82. The highest BCUT2D eigenvalue weighted by Gasteiger charge is 2.22. The van der Waals surface area contributed by atoms with Gasteiger partial charge in [-0.25, -0.2) is 0 Å². The lowest BCUT2D eigenvalue weighted by Gasteiger charge is -2.31. The quantitative estimate of drug-likeness (QED) is 0.738. The van der Waals surface area contributed by atoms with Crippen LogP contribution in [0.3, 0.4) is 0 Å². The van der Waals surface area contributed by atoms with E-state index in [0.717, 1.165) is 31.6 Å². The van der Waals surface area contributed by atoms with Crippen molar-refractivity contribution in [1.82, 2.24) is 14.9 Å². The number of aromatic amines is 2. The highest BCUT2D eigenvalue weighted by Crippen LogP contribution is 2.25. The van der Waals surface area contributed by atoms with Crippen LogP contribution in [0.2, 0.25) is 0 Å². The van der Waals surface area contributed by atoms with Crippen LogP contribution >= 0.6 is 12.2 Å². The molecule has 5 nitrogen and oxygen atoms in total. The number of nitrogens with zero attached hydrogens (tertiary/aromatic N) is 1. The van der Waals surface area contributed by atoms with Crippen LogP contribution in [0.25, 0.3) is 0 Å². The van der Waals surface area contributed by atoms with Crippen molar-refractivity contribution in [2.24, 2.45) is 0 Å². The lowest BCUT2D eigenvalue weighted by Crippen LogP contribution is -2.36. The van der Waals surface area contributed by atoms with Gasteiger partial charge in [-0.15, -0.1) is 0 Å². The van der Waals surface area contributed by atoms with E-state index in [1.165, 1.54) is 0 Å². The molecule has 92 valence electrons. The minimum absolute atomic E-state index is 0.113. The summed E-state index contributed by atoms with van der Waals surface area (Å²) in [6.45, 7) is 3.07. The van der Waals surface area contributed by atoms with Gasteiger partial charge in [-0.1, -0.05) is 0 Å². The third-order valence-corrected chi connectivity index (χ3v) is 3.37. The fourth-order valence-electron chi connectivity index (χ4n) is 2.21. The summed E-state index contributed by atoms with van der Waals surface area (Å²) in [5, 5.41) is 0. The molecule has 0 saturated carbocycles. The predicted octanol–water partition coefficient (Wildman–Crippen LogP) is 1.16. The summed E-state index contributed by atoms with van der Waals surface area (Å²) in [6, 6.07) is 1.56. The summed E-state index contributed by atoms with van der Waals surface area (Å²) in [7, 11) is 0. The van der Waals surface area contributed by atoms with Crippen molar-refractivity contribution in [1.29, 1.82) is 0 Å². The van der Waals surface area contributed by atoms with Gasteiger partial charge in [-0.05, 0) is 25.1 Å². The molecule has 1 aliphatic heterocycles. The second-order valence-electron chi connectivity index (χ2n) is 4.32. The summed E-state index contributed by atoms with van der Waals surface area (Å²) in [6.07, 6.45) is 1.74. The Kier molecular flexibility index (Phi) is 3.42. The molecule has 0 atom stereocenters. The summed E-state index contributed by atoms with van der Waals surface area (Å²) >= 11 is 4.95. The average molecular weight is 253 g/mol. The molecule has 1 fully saturated rings. The number of carbonyl (C=O) groups is 1. The molecule has 1 saturated heterocycles. The zero-order valence-corrected chi connectivity index (χ0v) is 10.5. The van der Waals surface area contributed by atoms with E-state index in [2.05, 4.69) is 9.97 Å². The first-order valence-corrected chi connectivity index (χ1v) is 6.06. The van der Waals surface area contributed by atoms with Crippen LogP contribution in [0.15, 0.2) is 10.9 Å². The maximum atomic E-state index is 11.3. The summed E-state index contributed by atoms with van der Waals surface area (Å²) < 4.78 is 0.362. The summed E-state index contributed by atoms with van der Waals surface area (Å²) in [5.74, 6) is 0.400. The van der Waals surface area contributed by atoms with Gasteiger partial charge in [0.25, 0.3) is 5.56 Å². The van der Waals surface area contributed by atoms with Crippen molar-refractivity contribution in [2.75, 3.05) is 13.1 Å². The van der Waals surface area contributed by atoms with E-state index in [9.17, 15) is 9.59 Å². The number of amides is 1. The van der Waals surface area contributed by atoms with Crippen molar-refractivity contribution in [3.8, 4) is 0 Å². The van der Waals surface area contributed by atoms with E-state index < -0.39 is 0 Å². The summed E-state index contributed by atoms with van der Waals surface area (Å²) in [5.41, 5.74) is 0.708. The van der Waals surface area contributed by atoms with Gasteiger partial charge in [-0.3, -0.25) is 14.6 Å². The van der Waals surface area contributed by atoms with Crippen molar-refractivity contribution in [3.63, 3.8) is 0 Å². The van der Waals surface area contributed by atoms with E-state index in [4.69, 9.17) is 12.2 Å². The Hall–Kier alpha value is -1.43. The number of nitrogens with one attached hydrogen (secondary N) is 2. The van der Waals surface area contributed by atoms with Crippen LogP contribution in [0.5, 0.6) is 0 Å². The van der Waals surface area contributed by atoms with E-state index in [-0.39, 0.29) is 17.4 Å². The van der Waals surface area contributed by atoms with Gasteiger partial charge < -0.3 is 9.88 Å². The molecule has 0 aromatic carbocycles. The van der Waals surface area contributed by atoms with E-state index >= 15 is 0 Å². The molecule has 2 N–H and O–H groups in total. The molecule has 2 rings (SSSR count). The Morgan fingerprint density at radius 2 is 2.06 bits per heavy atom. The van der Waals surface area contributed by atoms with Crippen LogP contribution in [0, 0.1) is 4.77 Å². The molecule has 0 radical (unpaired) electrons. The Morgan fingerprint density at radius 3 is 2.59 bits per heavy atom. The molecule has 2 heterocycles. The first-order valence-electron chi connectivity index (χ1n) is 5.65. The molecule has 0 spiro atoms. The van der Waals surface area contributed by atoms with Gasteiger partial charge in [0.15, 0.2) is 4.77 Å². The standard InChI is InChI=1S/C11H15N3O2S/c1-7(15)14-4-2-8(3-5-14)9-6-10(16)13-11(17)12-9/h6,8H,2-5H2,1H3,(H2,12,13,16,17). The number of carbonyl (C=O) groups excluding carboxylic acids is 1. The number of H-pyrrole nitrogens is 2. The first kappa shape index (κ1) is 12.0. The fourth-order valence-corrected chi connectivity index (χ4v) is 2.43. The van der Waals surface area contributed by atoms with E-state index in [1.807, 2.05) is 4.90 Å². The van der Waals surface area contributed by atoms with Crippen LogP contribution < -0.4 is 5.56 Å². The molecule has 0 aliphatic carbocycles. The van der Waals surface area contributed by atoms with Crippen molar-refractivity contribution in [2.45, 2.75) is 25.7 Å². The number of likely N-dealkylation sites (tertiary alicyclic amines) is 1. The SMILES string of the molecule is CC(=O)N1CCC(c2cc(=O)[nH]c(=S)[nH]2)CC1. The number of aromatic nitrogens is 2. The predicted molar refractivity (Wildman–Crippen MR) is 66.5 cm³/mol. The Morgan fingerprint density at radius 1 is 1.41 bits per heavy atom. The maximum absolute atomic E-state index is 11.3. The number of hydrogen-bond donors (Lipinski definition) is 2. The molecule has 1 amide bonds. The average Bonchev–Trinajstić information content (AvgIpc) is 2.28. The number of hydrogen-bond acceptors (Lipinski definition) is 3. The van der Waals surface area contributed by atoms with Crippen LogP contribution in [-0.2, 0) is 4.79 Å². The van der Waals surface area contributed by atoms with Crippen LogP contribution in [0.4, 0.5) is 0 Å². The Labute approximate surface area is 104 Å². The van der Waals surface area contributed by atoms with Crippen LogP contribution in [-0.4, -0.2) is 33.9 Å². The van der Waals surface area contributed by atoms with Crippen molar-refractivity contribution >= 4 is 18.1 Å². The smallest absolute Gasteiger partial charge is 0.251 e. The minimum atomic E-state index is -0.169. The van der Waals surface area contributed by atoms with Gasteiger partial charge in [-0.2, -0.15) is 0 Å². The summed E-state index contributed by atoms with van der Waals surface area (Å²) in [4.78, 5) is 29.9. The topological polar surface area (TPSA) is 69.0 Å². The molecular weight excluding hydrogens is 238 g/mol. The third-order valence-electron chi connectivity index (χ3n) is 3.16. The maximum Gasteiger partial charge on any atom is 0.251 e. The molecule has 17 heavy (non-hydrogen) atoms. The first-order chi connectivity index (χ1) is 8.06. The zero-order valence-electron chi connectivity index (χ0n) is 9.66. The molecule has 1 aliphatic rings. The highest BCUT2D eigenvalue weighted by molar-refractivity contribution is 7.71. The molecule has 1 aromatic heterocycles. The van der Waals surface area contributed by atoms with Gasteiger partial charge in [0, 0.05) is 37.7 Å². The van der Waals surface area contributed by atoms with Gasteiger partial charge in [0.2, 0.25) is 5.91 Å². The Balaban J connectivity index is 2.13. The second-order valence-corrected chi connectivity index (χ2v) is 4.73. The molecule has 0 unspecified atom stereocenters. The largest absolute Gasteiger partial charge is 0.343 e. The normalized spacial score (nSPS) is 17.1. The molecule has 0 bridgehead atoms. The lowest BCUT2D eigenvalue weighted by atomic mass is 9.93. The second kappa shape index (κ2) is 4.83. The number of rotatable bonds is 1. The van der Waals surface area contributed by atoms with E-state index in [1.54, 1.807) is 13.0 Å². The monoisotopic (exact) mass is 253 g/mol. The fraction of sp³-hybridized carbons (Fsp3) is 0.545. The molecule has 6 heteroatoms.